The maximum absolute atomic E-state index is 13.0. The van der Waals surface area contributed by atoms with E-state index in [1.165, 1.54) is 11.6 Å². The van der Waals surface area contributed by atoms with E-state index in [9.17, 15) is 14.4 Å². The van der Waals surface area contributed by atoms with E-state index in [4.69, 9.17) is 15.2 Å². The monoisotopic (exact) mass is 378 g/mol. The van der Waals surface area contributed by atoms with Gasteiger partial charge in [-0.1, -0.05) is 18.6 Å². The number of nitrogens with two attached hydrogens (primary N) is 1. The fraction of sp³-hybridized carbons (Fsp3) is 0.625. The molecule has 2 N–H and O–H groups in total. The molecule has 0 aliphatic carbocycles. The van der Waals surface area contributed by atoms with Gasteiger partial charge in [-0.15, -0.1) is 5.10 Å². The molecular weight excluding hydrogens is 356 g/mol. The van der Waals surface area contributed by atoms with Crippen LogP contribution in [0.3, 0.4) is 0 Å². The first-order valence-corrected chi connectivity index (χ1v) is 8.82. The number of nitrogens with zero attached hydrogens (tertiary/aromatic N) is 5. The van der Waals surface area contributed by atoms with Crippen LogP contribution in [0.2, 0.25) is 0 Å². The Balaban J connectivity index is 1.93. The van der Waals surface area contributed by atoms with Crippen molar-refractivity contribution in [2.45, 2.75) is 58.4 Å². The number of aryl methyl sites for hydroxylation is 1. The molecule has 0 radical (unpaired) electrons. The van der Waals surface area contributed by atoms with Gasteiger partial charge in [-0.2, -0.15) is 9.78 Å². The van der Waals surface area contributed by atoms with Crippen molar-refractivity contribution in [1.29, 1.82) is 0 Å². The third kappa shape index (κ3) is 3.97. The quantitative estimate of drug-likeness (QED) is 0.645. The zero-order chi connectivity index (χ0) is 19.6. The van der Waals surface area contributed by atoms with Crippen LogP contribution in [-0.4, -0.2) is 49.4 Å². The third-order valence-electron chi connectivity index (χ3n) is 4.27. The number of amides is 1. The number of primary amides is 1. The van der Waals surface area contributed by atoms with Crippen molar-refractivity contribution < 1.29 is 19.1 Å². The highest BCUT2D eigenvalue weighted by Crippen LogP contribution is 2.27. The second-order valence-electron chi connectivity index (χ2n) is 6.45. The van der Waals surface area contributed by atoms with Gasteiger partial charge in [0.2, 0.25) is 5.91 Å². The summed E-state index contributed by atoms with van der Waals surface area (Å²) in [6.07, 6.45) is 1.61. The minimum Gasteiger partial charge on any atom is -0.463 e. The Kier molecular flexibility index (Phi) is 5.49. The van der Waals surface area contributed by atoms with E-state index in [2.05, 4.69) is 15.4 Å². The normalized spacial score (nSPS) is 19.5. The van der Waals surface area contributed by atoms with E-state index in [1.807, 2.05) is 6.92 Å². The predicted molar refractivity (Wildman–Crippen MR) is 92.5 cm³/mol. The molecule has 0 bridgehead atoms. The molecule has 2 unspecified atom stereocenters. The molecule has 1 aliphatic rings. The molecule has 1 saturated heterocycles. The summed E-state index contributed by atoms with van der Waals surface area (Å²) >= 11 is 0. The molecule has 2 atom stereocenters. The highest BCUT2D eigenvalue weighted by molar-refractivity contribution is 5.79. The Labute approximate surface area is 154 Å². The number of ether oxygens (including phenoxy) is 2. The Morgan fingerprint density at radius 3 is 2.81 bits per heavy atom. The predicted octanol–water partition coefficient (Wildman–Crippen LogP) is -0.333. The van der Waals surface area contributed by atoms with E-state index in [1.54, 1.807) is 0 Å². The molecule has 0 saturated carbocycles. The highest BCUT2D eigenvalue weighted by atomic mass is 16.6. The first-order valence-electron chi connectivity index (χ1n) is 8.82. The summed E-state index contributed by atoms with van der Waals surface area (Å²) in [5, 5.41) is 12.5. The van der Waals surface area contributed by atoms with Gasteiger partial charge in [-0.25, -0.2) is 4.68 Å². The molecule has 2 aromatic heterocycles. The Bertz CT molecular complexity index is 920. The van der Waals surface area contributed by atoms with E-state index in [-0.39, 0.29) is 30.7 Å². The lowest BCUT2D eigenvalue weighted by Crippen LogP contribution is -2.31. The van der Waals surface area contributed by atoms with Gasteiger partial charge in [0, 0.05) is 6.92 Å². The molecule has 3 rings (SSSR count). The lowest BCUT2D eigenvalue weighted by atomic mass is 10.2. The summed E-state index contributed by atoms with van der Waals surface area (Å²) in [6, 6.07) is 0. The summed E-state index contributed by atoms with van der Waals surface area (Å²) in [6.45, 7) is 3.20. The summed E-state index contributed by atoms with van der Waals surface area (Å²) in [4.78, 5) is 35.3. The number of rotatable bonds is 7. The second-order valence-corrected chi connectivity index (χ2v) is 6.45. The zero-order valence-corrected chi connectivity index (χ0v) is 15.3. The third-order valence-corrected chi connectivity index (χ3v) is 4.27. The lowest BCUT2D eigenvalue weighted by Gasteiger charge is -2.14. The van der Waals surface area contributed by atoms with Crippen LogP contribution in [0, 0.1) is 0 Å². The molecule has 1 amide bonds. The molecular formula is C16H22N6O5. The first-order chi connectivity index (χ1) is 12.9. The summed E-state index contributed by atoms with van der Waals surface area (Å²) < 4.78 is 13.1. The van der Waals surface area contributed by atoms with Crippen LogP contribution in [0.15, 0.2) is 4.79 Å². The van der Waals surface area contributed by atoms with Crippen LogP contribution in [0.1, 0.15) is 45.0 Å². The van der Waals surface area contributed by atoms with Crippen molar-refractivity contribution in [3.05, 3.63) is 16.0 Å². The molecule has 27 heavy (non-hydrogen) atoms. The molecule has 1 fully saturated rings. The largest absolute Gasteiger partial charge is 0.463 e. The maximum Gasteiger partial charge on any atom is 0.302 e. The number of aromatic nitrogens is 5. The lowest BCUT2D eigenvalue weighted by molar-refractivity contribution is -0.146. The topological polar surface area (TPSA) is 144 Å². The SMILES string of the molecule is CCCc1nn(CC(N)=O)c2c(=O)n(C3CCC(COC(C)=O)O3)nnc12. The summed E-state index contributed by atoms with van der Waals surface area (Å²) in [5.74, 6) is -0.997. The van der Waals surface area contributed by atoms with Gasteiger partial charge in [0.05, 0.1) is 11.8 Å². The molecule has 2 aromatic rings. The average molecular weight is 378 g/mol. The molecule has 146 valence electrons. The molecule has 1 aliphatic heterocycles. The standard InChI is InChI=1S/C16H22N6O5/c1-3-4-11-14-15(21(19-11)7-12(17)24)16(25)22(20-18-14)13-6-5-10(27-13)8-26-9(2)23/h10,13H,3-8H2,1-2H3,(H2,17,24). The van der Waals surface area contributed by atoms with E-state index >= 15 is 0 Å². The van der Waals surface area contributed by atoms with Crippen molar-refractivity contribution in [2.75, 3.05) is 6.61 Å². The van der Waals surface area contributed by atoms with Gasteiger partial charge in [0.1, 0.15) is 18.7 Å². The number of hydrogen-bond donors (Lipinski definition) is 1. The molecule has 0 spiro atoms. The van der Waals surface area contributed by atoms with Crippen LogP contribution >= 0.6 is 0 Å². The smallest absolute Gasteiger partial charge is 0.302 e. The van der Waals surface area contributed by atoms with E-state index < -0.39 is 17.7 Å². The van der Waals surface area contributed by atoms with Crippen LogP contribution in [0.25, 0.3) is 11.0 Å². The van der Waals surface area contributed by atoms with Crippen molar-refractivity contribution in [1.82, 2.24) is 24.8 Å². The van der Waals surface area contributed by atoms with Crippen molar-refractivity contribution in [2.24, 2.45) is 5.73 Å². The van der Waals surface area contributed by atoms with E-state index in [0.29, 0.717) is 30.5 Å². The van der Waals surface area contributed by atoms with Crippen LogP contribution < -0.4 is 11.3 Å². The fourth-order valence-corrected chi connectivity index (χ4v) is 3.12. The zero-order valence-electron chi connectivity index (χ0n) is 15.3. The van der Waals surface area contributed by atoms with Gasteiger partial charge < -0.3 is 15.2 Å². The highest BCUT2D eigenvalue weighted by Gasteiger charge is 2.30. The van der Waals surface area contributed by atoms with Crippen LogP contribution in [0.5, 0.6) is 0 Å². The number of carbonyl (C=O) groups is 2. The summed E-state index contributed by atoms with van der Waals surface area (Å²) in [5.41, 5.74) is 5.98. The fourth-order valence-electron chi connectivity index (χ4n) is 3.12. The summed E-state index contributed by atoms with van der Waals surface area (Å²) in [7, 11) is 0. The Morgan fingerprint density at radius 2 is 2.15 bits per heavy atom. The van der Waals surface area contributed by atoms with Gasteiger partial charge in [0.15, 0.2) is 11.7 Å². The molecule has 0 aromatic carbocycles. The van der Waals surface area contributed by atoms with Crippen molar-refractivity contribution in [3.63, 3.8) is 0 Å². The number of hydrogen-bond acceptors (Lipinski definition) is 8. The van der Waals surface area contributed by atoms with Crippen LogP contribution in [0.4, 0.5) is 0 Å². The molecule has 3 heterocycles. The van der Waals surface area contributed by atoms with Gasteiger partial charge in [0.25, 0.3) is 5.56 Å². The number of esters is 1. The average Bonchev–Trinajstić information content (AvgIpc) is 3.19. The minimum atomic E-state index is -0.624. The number of fused-ring (bicyclic) bond motifs is 1. The van der Waals surface area contributed by atoms with Crippen molar-refractivity contribution >= 4 is 22.9 Å². The molecule has 11 nitrogen and oxygen atoms in total. The van der Waals surface area contributed by atoms with Crippen LogP contribution in [-0.2, 0) is 32.0 Å². The first kappa shape index (κ1) is 19.0. The molecule has 11 heteroatoms. The second kappa shape index (κ2) is 7.82. The Morgan fingerprint density at radius 1 is 1.37 bits per heavy atom. The van der Waals surface area contributed by atoms with E-state index in [0.717, 1.165) is 11.1 Å². The number of carbonyl (C=O) groups excluding carboxylic acids is 2. The maximum atomic E-state index is 13.0. The van der Waals surface area contributed by atoms with Gasteiger partial charge >= 0.3 is 5.97 Å². The van der Waals surface area contributed by atoms with Crippen molar-refractivity contribution in [3.8, 4) is 0 Å². The van der Waals surface area contributed by atoms with Gasteiger partial charge in [-0.3, -0.25) is 14.4 Å². The minimum absolute atomic E-state index is 0.122. The van der Waals surface area contributed by atoms with Gasteiger partial charge in [-0.05, 0) is 19.3 Å². The Hall–Kier alpha value is -2.82.